The number of carbonyl (C=O) groups excluding carboxylic acids is 1. The molecule has 2 N–H and O–H groups in total. The van der Waals surface area contributed by atoms with E-state index in [4.69, 9.17) is 0 Å². The lowest BCUT2D eigenvalue weighted by Crippen LogP contribution is -2.24. The van der Waals surface area contributed by atoms with Gasteiger partial charge in [-0.1, -0.05) is 13.3 Å². The smallest absolute Gasteiger partial charge is 0.251 e. The molecule has 1 amide bonds. The van der Waals surface area contributed by atoms with Gasteiger partial charge in [-0.05, 0) is 30.7 Å². The van der Waals surface area contributed by atoms with Crippen molar-refractivity contribution in [1.82, 2.24) is 20.5 Å². The van der Waals surface area contributed by atoms with Crippen molar-refractivity contribution in [3.8, 4) is 0 Å². The molecule has 0 radical (unpaired) electrons. The highest BCUT2D eigenvalue weighted by Crippen LogP contribution is 2.14. The number of amides is 1. The summed E-state index contributed by atoms with van der Waals surface area (Å²) in [7, 11) is 5.80. The molecule has 0 fully saturated rings. The third-order valence-corrected chi connectivity index (χ3v) is 3.75. The van der Waals surface area contributed by atoms with Crippen molar-refractivity contribution in [1.29, 1.82) is 0 Å². The highest BCUT2D eigenvalue weighted by molar-refractivity contribution is 5.94. The molecule has 1 aromatic heterocycles. The number of carbonyl (C=O) groups is 1. The first-order valence-electron chi connectivity index (χ1n) is 8.19. The van der Waals surface area contributed by atoms with Gasteiger partial charge in [-0.25, -0.2) is 0 Å². The van der Waals surface area contributed by atoms with Gasteiger partial charge in [-0.2, -0.15) is 4.98 Å². The van der Waals surface area contributed by atoms with E-state index in [0.29, 0.717) is 23.9 Å². The molecule has 130 valence electrons. The van der Waals surface area contributed by atoms with E-state index >= 15 is 0 Å². The summed E-state index contributed by atoms with van der Waals surface area (Å²) in [5.41, 5.74) is 1.75. The van der Waals surface area contributed by atoms with Gasteiger partial charge in [0.05, 0.1) is 6.54 Å². The zero-order valence-electron chi connectivity index (χ0n) is 14.8. The number of nitrogens with zero attached hydrogens (tertiary/aromatic N) is 4. The van der Waals surface area contributed by atoms with Gasteiger partial charge in [-0.15, -0.1) is 5.10 Å². The fourth-order valence-electron chi connectivity index (χ4n) is 2.22. The van der Waals surface area contributed by atoms with E-state index in [1.54, 1.807) is 4.90 Å². The Labute approximate surface area is 143 Å². The van der Waals surface area contributed by atoms with Crippen molar-refractivity contribution >= 4 is 17.5 Å². The largest absolute Gasteiger partial charge is 0.375 e. The highest BCUT2D eigenvalue weighted by Gasteiger charge is 2.09. The maximum Gasteiger partial charge on any atom is 0.251 e. The van der Waals surface area contributed by atoms with Crippen LogP contribution in [0.5, 0.6) is 0 Å². The van der Waals surface area contributed by atoms with Crippen LogP contribution in [0, 0.1) is 0 Å². The third-order valence-electron chi connectivity index (χ3n) is 3.75. The highest BCUT2D eigenvalue weighted by atomic mass is 16.1. The number of aromatic amines is 1. The molecule has 1 heterocycles. The molecule has 0 saturated heterocycles. The summed E-state index contributed by atoms with van der Waals surface area (Å²) in [5.74, 6) is 1.10. The molecule has 0 atom stereocenters. The molecule has 2 rings (SSSR count). The first-order chi connectivity index (χ1) is 11.5. The number of hydrogen-bond acceptors (Lipinski definition) is 5. The molecule has 0 aliphatic heterocycles. The van der Waals surface area contributed by atoms with E-state index in [1.807, 2.05) is 38.4 Å². The van der Waals surface area contributed by atoms with E-state index < -0.39 is 0 Å². The predicted molar refractivity (Wildman–Crippen MR) is 96.5 cm³/mol. The van der Waals surface area contributed by atoms with Crippen molar-refractivity contribution in [3.63, 3.8) is 0 Å². The van der Waals surface area contributed by atoms with E-state index in [1.165, 1.54) is 6.42 Å². The second-order valence-corrected chi connectivity index (χ2v) is 5.98. The van der Waals surface area contributed by atoms with E-state index in [9.17, 15) is 4.79 Å². The number of H-pyrrole nitrogens is 1. The maximum absolute atomic E-state index is 12.2. The molecule has 0 bridgehead atoms. The van der Waals surface area contributed by atoms with E-state index in [-0.39, 0.29) is 5.91 Å². The number of anilines is 2. The summed E-state index contributed by atoms with van der Waals surface area (Å²) >= 11 is 0. The molecular formula is C17H26N6O. The molecule has 0 aliphatic carbocycles. The Balaban J connectivity index is 1.90. The lowest BCUT2D eigenvalue weighted by molar-refractivity contribution is 0.0950. The van der Waals surface area contributed by atoms with Crippen molar-refractivity contribution in [2.45, 2.75) is 26.3 Å². The minimum Gasteiger partial charge on any atom is -0.375 e. The van der Waals surface area contributed by atoms with Gasteiger partial charge in [0.25, 0.3) is 5.91 Å². The van der Waals surface area contributed by atoms with Crippen molar-refractivity contribution in [2.24, 2.45) is 0 Å². The minimum atomic E-state index is -0.124. The van der Waals surface area contributed by atoms with Crippen LogP contribution in [0.15, 0.2) is 24.3 Å². The summed E-state index contributed by atoms with van der Waals surface area (Å²) < 4.78 is 0. The molecule has 7 nitrogen and oxygen atoms in total. The number of unbranched alkanes of at least 4 members (excludes halogenated alkanes) is 1. The molecule has 24 heavy (non-hydrogen) atoms. The van der Waals surface area contributed by atoms with E-state index in [0.717, 1.165) is 18.7 Å². The summed E-state index contributed by atoms with van der Waals surface area (Å²) in [5, 5.41) is 9.71. The maximum atomic E-state index is 12.2. The summed E-state index contributed by atoms with van der Waals surface area (Å²) in [6.45, 7) is 3.51. The van der Waals surface area contributed by atoms with Gasteiger partial charge < -0.3 is 15.1 Å². The van der Waals surface area contributed by atoms with E-state index in [2.05, 4.69) is 39.4 Å². The fourth-order valence-corrected chi connectivity index (χ4v) is 2.22. The Hall–Kier alpha value is -2.57. The first kappa shape index (κ1) is 17.8. The number of aromatic nitrogens is 3. The second kappa shape index (κ2) is 8.33. The first-order valence-corrected chi connectivity index (χ1v) is 8.19. The molecule has 0 saturated carbocycles. The summed E-state index contributed by atoms with van der Waals surface area (Å²) in [4.78, 5) is 20.5. The summed E-state index contributed by atoms with van der Waals surface area (Å²) in [6.07, 6.45) is 2.33. The van der Waals surface area contributed by atoms with Gasteiger partial charge in [0.2, 0.25) is 5.95 Å². The van der Waals surface area contributed by atoms with Crippen LogP contribution in [0.3, 0.4) is 0 Å². The molecule has 1 aromatic carbocycles. The monoisotopic (exact) mass is 330 g/mol. The lowest BCUT2D eigenvalue weighted by Gasteiger charge is -2.19. The quantitative estimate of drug-likeness (QED) is 0.774. The van der Waals surface area contributed by atoms with Crippen molar-refractivity contribution in [3.05, 3.63) is 35.7 Å². The van der Waals surface area contributed by atoms with Crippen LogP contribution in [0.4, 0.5) is 11.6 Å². The van der Waals surface area contributed by atoms with Crippen LogP contribution in [0.25, 0.3) is 0 Å². The van der Waals surface area contributed by atoms with Crippen LogP contribution in [0.1, 0.15) is 35.9 Å². The van der Waals surface area contributed by atoms with Gasteiger partial charge >= 0.3 is 0 Å². The average Bonchev–Trinajstić information content (AvgIpc) is 3.07. The second-order valence-electron chi connectivity index (χ2n) is 5.98. The molecule has 2 aromatic rings. The number of nitrogens with one attached hydrogen (secondary N) is 2. The van der Waals surface area contributed by atoms with Crippen LogP contribution in [0.2, 0.25) is 0 Å². The number of rotatable bonds is 8. The Morgan fingerprint density at radius 2 is 1.92 bits per heavy atom. The standard InChI is InChI=1S/C17H26N6O/c1-5-6-11-23(4)14-9-7-13(8-10-14)16(24)18-12-15-19-17(21-20-15)22(2)3/h7-10H,5-6,11-12H2,1-4H3,(H,18,24)(H,19,20,21). The minimum absolute atomic E-state index is 0.124. The Bertz CT molecular complexity index is 649. The Morgan fingerprint density at radius 3 is 2.50 bits per heavy atom. The normalized spacial score (nSPS) is 10.5. The van der Waals surface area contributed by atoms with Gasteiger partial charge in [-0.3, -0.25) is 9.89 Å². The third kappa shape index (κ3) is 4.71. The summed E-state index contributed by atoms with van der Waals surface area (Å²) in [6, 6.07) is 7.64. The number of hydrogen-bond donors (Lipinski definition) is 2. The van der Waals surface area contributed by atoms with Crippen LogP contribution < -0.4 is 15.1 Å². The molecule has 0 aliphatic rings. The lowest BCUT2D eigenvalue weighted by atomic mass is 10.2. The molecular weight excluding hydrogens is 304 g/mol. The SMILES string of the molecule is CCCCN(C)c1ccc(C(=O)NCc2nc(N(C)C)n[nH]2)cc1. The fraction of sp³-hybridized carbons (Fsp3) is 0.471. The number of benzene rings is 1. The van der Waals surface area contributed by atoms with Gasteiger partial charge in [0.15, 0.2) is 0 Å². The van der Waals surface area contributed by atoms with Gasteiger partial charge in [0.1, 0.15) is 5.82 Å². The van der Waals surface area contributed by atoms with Crippen LogP contribution in [-0.2, 0) is 6.54 Å². The van der Waals surface area contributed by atoms with Gasteiger partial charge in [0, 0.05) is 38.9 Å². The molecule has 0 spiro atoms. The van der Waals surface area contributed by atoms with Crippen molar-refractivity contribution in [2.75, 3.05) is 37.5 Å². The topological polar surface area (TPSA) is 77.2 Å². The van der Waals surface area contributed by atoms with Crippen molar-refractivity contribution < 1.29 is 4.79 Å². The van der Waals surface area contributed by atoms with Crippen LogP contribution in [-0.4, -0.2) is 48.8 Å². The predicted octanol–water partition coefficient (Wildman–Crippen LogP) is 2.04. The van der Waals surface area contributed by atoms with Crippen LogP contribution >= 0.6 is 0 Å². The zero-order valence-corrected chi connectivity index (χ0v) is 14.8. The Morgan fingerprint density at radius 1 is 1.21 bits per heavy atom. The zero-order chi connectivity index (χ0) is 17.5. The molecule has 0 unspecified atom stereocenters. The molecule has 7 heteroatoms. The Kier molecular flexibility index (Phi) is 6.17. The average molecular weight is 330 g/mol.